The molecule has 0 bridgehead atoms. The fourth-order valence-corrected chi connectivity index (χ4v) is 6.64. The maximum atomic E-state index is 14.0. The van der Waals surface area contributed by atoms with Crippen molar-refractivity contribution in [2.45, 2.75) is 90.1 Å². The van der Waals surface area contributed by atoms with Crippen molar-refractivity contribution < 1.29 is 13.2 Å². The topological polar surface area (TPSA) is 68.6 Å². The lowest BCUT2D eigenvalue weighted by atomic mass is 9.89. The number of hydrogen-bond donors (Lipinski definition) is 0. The van der Waals surface area contributed by atoms with Crippen molar-refractivity contribution in [2.24, 2.45) is 7.05 Å². The zero-order valence-corrected chi connectivity index (χ0v) is 22.7. The van der Waals surface area contributed by atoms with Crippen molar-refractivity contribution in [3.63, 3.8) is 0 Å². The van der Waals surface area contributed by atoms with Crippen LogP contribution < -0.4 is 10.3 Å². The first-order valence-electron chi connectivity index (χ1n) is 12.3. The van der Waals surface area contributed by atoms with Crippen LogP contribution in [0.3, 0.4) is 0 Å². The van der Waals surface area contributed by atoms with Gasteiger partial charge >= 0.3 is 0 Å². The van der Waals surface area contributed by atoms with Gasteiger partial charge in [-0.3, -0.25) is 4.79 Å². The number of nitrogens with zero attached hydrogens (tertiary/aromatic N) is 2. The summed E-state index contributed by atoms with van der Waals surface area (Å²) >= 11 is 0. The third-order valence-electron chi connectivity index (χ3n) is 6.86. The molecule has 0 atom stereocenters. The number of aromatic nitrogens is 1. The van der Waals surface area contributed by atoms with Crippen LogP contribution in [0, 0.1) is 6.92 Å². The van der Waals surface area contributed by atoms with Crippen molar-refractivity contribution in [1.82, 2.24) is 8.87 Å². The van der Waals surface area contributed by atoms with Crippen LogP contribution in [-0.4, -0.2) is 36.5 Å². The molecular formula is C27H40N2O4S. The predicted octanol–water partition coefficient (Wildman–Crippen LogP) is 5.30. The minimum absolute atomic E-state index is 0.103. The van der Waals surface area contributed by atoms with E-state index in [2.05, 4.69) is 53.7 Å². The minimum atomic E-state index is -3.65. The van der Waals surface area contributed by atoms with E-state index in [9.17, 15) is 13.2 Å². The lowest BCUT2D eigenvalue weighted by molar-refractivity contribution is 0.134. The molecule has 34 heavy (non-hydrogen) atoms. The first-order chi connectivity index (χ1) is 15.8. The first kappa shape index (κ1) is 26.5. The molecule has 1 saturated heterocycles. The van der Waals surface area contributed by atoms with Gasteiger partial charge in [-0.25, -0.2) is 8.42 Å². The fourth-order valence-electron chi connectivity index (χ4n) is 4.50. The number of hydrogen-bond acceptors (Lipinski definition) is 4. The first-order valence-corrected chi connectivity index (χ1v) is 13.8. The molecule has 0 aliphatic carbocycles. The lowest BCUT2D eigenvalue weighted by Gasteiger charge is -2.33. The number of benzene rings is 1. The molecule has 1 aliphatic heterocycles. The number of sulfonamides is 1. The van der Waals surface area contributed by atoms with E-state index in [1.54, 1.807) is 15.9 Å². The molecule has 188 valence electrons. The molecule has 0 amide bonds. The average Bonchev–Trinajstić information content (AvgIpc) is 2.76. The highest BCUT2D eigenvalue weighted by Crippen LogP contribution is 2.37. The van der Waals surface area contributed by atoms with Gasteiger partial charge in [0.2, 0.25) is 10.0 Å². The molecular weight excluding hydrogens is 448 g/mol. The molecule has 1 aromatic carbocycles. The van der Waals surface area contributed by atoms with Crippen molar-refractivity contribution in [2.75, 3.05) is 13.1 Å². The van der Waals surface area contributed by atoms with Gasteiger partial charge < -0.3 is 9.30 Å². The summed E-state index contributed by atoms with van der Waals surface area (Å²) in [4.78, 5) is 12.6. The highest BCUT2D eigenvalue weighted by atomic mass is 32.2. The molecule has 1 aromatic heterocycles. The quantitative estimate of drug-likeness (QED) is 0.531. The molecule has 6 nitrogen and oxygen atoms in total. The van der Waals surface area contributed by atoms with Crippen molar-refractivity contribution in [3.05, 3.63) is 57.0 Å². The van der Waals surface area contributed by atoms with Gasteiger partial charge in [0.25, 0.3) is 5.56 Å². The number of aryl methyl sites for hydroxylation is 1. The van der Waals surface area contributed by atoms with Crippen molar-refractivity contribution >= 4 is 10.0 Å². The van der Waals surface area contributed by atoms with E-state index >= 15 is 0 Å². The van der Waals surface area contributed by atoms with Crippen LogP contribution in [0.5, 0.6) is 5.75 Å². The van der Waals surface area contributed by atoms with E-state index in [1.807, 2.05) is 13.0 Å². The maximum Gasteiger partial charge on any atom is 0.254 e. The highest BCUT2D eigenvalue weighted by molar-refractivity contribution is 7.89. The van der Waals surface area contributed by atoms with E-state index in [1.165, 1.54) is 11.6 Å². The Hall–Kier alpha value is -2.12. The largest absolute Gasteiger partial charge is 0.490 e. The Morgan fingerprint density at radius 2 is 1.41 bits per heavy atom. The minimum Gasteiger partial charge on any atom is -0.490 e. The van der Waals surface area contributed by atoms with Gasteiger partial charge in [-0.2, -0.15) is 4.31 Å². The highest BCUT2D eigenvalue weighted by Gasteiger charge is 2.35. The smallest absolute Gasteiger partial charge is 0.254 e. The number of rotatable bonds is 7. The van der Waals surface area contributed by atoms with Crippen molar-refractivity contribution in [1.29, 1.82) is 0 Å². The molecule has 0 spiro atoms. The van der Waals surface area contributed by atoms with Gasteiger partial charge in [-0.15, -0.1) is 0 Å². The molecule has 2 heterocycles. The third kappa shape index (κ3) is 5.41. The standard InChI is InChI=1S/C27H40N2O4S/c1-17(2)21-14-24(18(3)4)27(25(15-21)19(5)6)34(31,32)29-11-9-22(10-12-29)33-23-13-20(7)28(8)26(30)16-23/h13-19,22H,9-12H2,1-8H3. The Kier molecular flexibility index (Phi) is 7.98. The van der Waals surface area contributed by atoms with Crippen LogP contribution in [0.2, 0.25) is 0 Å². The average molecular weight is 489 g/mol. The summed E-state index contributed by atoms with van der Waals surface area (Å²) in [6, 6.07) is 7.52. The fraction of sp³-hybridized carbons (Fsp3) is 0.593. The Labute approximate surface area is 205 Å². The van der Waals surface area contributed by atoms with E-state index in [0.29, 0.717) is 42.5 Å². The summed E-state index contributed by atoms with van der Waals surface area (Å²) < 4.78 is 37.2. The third-order valence-corrected chi connectivity index (χ3v) is 8.89. The van der Waals surface area contributed by atoms with Gasteiger partial charge in [-0.05, 0) is 60.3 Å². The summed E-state index contributed by atoms with van der Waals surface area (Å²) in [7, 11) is -1.92. The molecule has 0 radical (unpaired) electrons. The van der Waals surface area contributed by atoms with Crippen LogP contribution in [0.4, 0.5) is 0 Å². The van der Waals surface area contributed by atoms with Crippen molar-refractivity contribution in [3.8, 4) is 5.75 Å². The number of piperidine rings is 1. The van der Waals surface area contributed by atoms with Gasteiger partial charge in [-0.1, -0.05) is 53.7 Å². The molecule has 0 unspecified atom stereocenters. The van der Waals surface area contributed by atoms with E-state index in [-0.39, 0.29) is 23.5 Å². The second-order valence-corrected chi connectivity index (χ2v) is 12.3. The van der Waals surface area contributed by atoms with Crippen LogP contribution in [-0.2, 0) is 17.1 Å². The number of ether oxygens (including phenoxy) is 1. The van der Waals surface area contributed by atoms with Crippen LogP contribution in [0.1, 0.15) is 94.5 Å². The van der Waals surface area contributed by atoms with E-state index in [0.717, 1.165) is 16.8 Å². The number of pyridine rings is 1. The molecule has 0 N–H and O–H groups in total. The summed E-state index contributed by atoms with van der Waals surface area (Å²) in [5.41, 5.74) is 3.72. The van der Waals surface area contributed by atoms with E-state index in [4.69, 9.17) is 4.74 Å². The normalized spacial score (nSPS) is 16.1. The Morgan fingerprint density at radius 1 is 0.882 bits per heavy atom. The monoisotopic (exact) mass is 488 g/mol. The molecule has 2 aromatic rings. The van der Waals surface area contributed by atoms with Gasteiger partial charge in [0.1, 0.15) is 11.9 Å². The molecule has 0 saturated carbocycles. The SMILES string of the molecule is Cc1cc(OC2CCN(S(=O)(=O)c3c(C(C)C)cc(C(C)C)cc3C(C)C)CC2)cc(=O)n1C. The van der Waals surface area contributed by atoms with Crippen LogP contribution in [0.25, 0.3) is 0 Å². The second-order valence-electron chi connectivity index (χ2n) is 10.4. The molecule has 3 rings (SSSR count). The summed E-state index contributed by atoms with van der Waals surface area (Å²) in [6.07, 6.45) is 1.06. The summed E-state index contributed by atoms with van der Waals surface area (Å²) in [5, 5.41) is 0. The zero-order valence-electron chi connectivity index (χ0n) is 21.9. The second kappa shape index (κ2) is 10.2. The van der Waals surface area contributed by atoms with Gasteiger partial charge in [0, 0.05) is 31.9 Å². The molecule has 1 aliphatic rings. The maximum absolute atomic E-state index is 14.0. The molecule has 1 fully saturated rings. The Bertz CT molecular complexity index is 1160. The van der Waals surface area contributed by atoms with Gasteiger partial charge in [0.15, 0.2) is 0 Å². The van der Waals surface area contributed by atoms with E-state index < -0.39 is 10.0 Å². The summed E-state index contributed by atoms with van der Waals surface area (Å²) in [6.45, 7) is 15.2. The Balaban J connectivity index is 1.87. The molecule has 7 heteroatoms. The predicted molar refractivity (Wildman–Crippen MR) is 138 cm³/mol. The Morgan fingerprint density at radius 3 is 1.85 bits per heavy atom. The van der Waals surface area contributed by atoms with Crippen LogP contribution in [0.15, 0.2) is 34.0 Å². The lowest BCUT2D eigenvalue weighted by Crippen LogP contribution is -2.42. The van der Waals surface area contributed by atoms with Crippen LogP contribution >= 0.6 is 0 Å². The van der Waals surface area contributed by atoms with Gasteiger partial charge in [0.05, 0.1) is 4.90 Å². The summed E-state index contributed by atoms with van der Waals surface area (Å²) in [5.74, 6) is 1.09. The zero-order chi connectivity index (χ0) is 25.4.